The lowest BCUT2D eigenvalue weighted by molar-refractivity contribution is -0.147. The summed E-state index contributed by atoms with van der Waals surface area (Å²) in [5, 5.41) is 0.0697. The van der Waals surface area contributed by atoms with E-state index in [0.717, 1.165) is 15.2 Å². The maximum atomic E-state index is 14.8. The predicted molar refractivity (Wildman–Crippen MR) is 127 cm³/mol. The Morgan fingerprint density at radius 1 is 1.00 bits per heavy atom. The van der Waals surface area contributed by atoms with Gasteiger partial charge in [-0.05, 0) is 49.8 Å². The topological polar surface area (TPSA) is 79.5 Å². The molecule has 7 nitrogen and oxygen atoms in total. The number of nitrogens with zero attached hydrogens (tertiary/aromatic N) is 2. The normalized spacial score (nSPS) is 18.1. The fourth-order valence-corrected chi connectivity index (χ4v) is 5.01. The van der Waals surface area contributed by atoms with E-state index in [4.69, 9.17) is 9.47 Å². The molecule has 1 aliphatic rings. The molecule has 0 N–H and O–H groups in total. The second-order valence-electron chi connectivity index (χ2n) is 9.16. The summed E-state index contributed by atoms with van der Waals surface area (Å²) < 4.78 is 66.9. The van der Waals surface area contributed by atoms with Crippen LogP contribution in [0.15, 0.2) is 46.0 Å². The third kappa shape index (κ3) is 5.12. The van der Waals surface area contributed by atoms with Crippen LogP contribution >= 0.6 is 0 Å². The van der Waals surface area contributed by atoms with E-state index < -0.39 is 35.4 Å². The second kappa shape index (κ2) is 10.4. The van der Waals surface area contributed by atoms with Crippen LogP contribution in [0.3, 0.4) is 0 Å². The Hall–Kier alpha value is -3.63. The van der Waals surface area contributed by atoms with Gasteiger partial charge in [-0.3, -0.25) is 18.7 Å². The number of methoxy groups -OCH3 is 2. The lowest BCUT2D eigenvalue weighted by atomic mass is 9.82. The van der Waals surface area contributed by atoms with Crippen LogP contribution in [0.4, 0.5) is 17.6 Å². The average molecular weight is 522 g/mol. The van der Waals surface area contributed by atoms with Gasteiger partial charge in [0.25, 0.3) is 5.56 Å². The molecule has 4 rings (SSSR count). The highest BCUT2D eigenvalue weighted by Gasteiger charge is 2.35. The molecule has 0 bridgehead atoms. The molecule has 1 aromatic heterocycles. The molecule has 198 valence electrons. The Kier molecular flexibility index (Phi) is 7.42. The van der Waals surface area contributed by atoms with E-state index in [0.29, 0.717) is 31.7 Å². The number of halogens is 4. The molecule has 0 aliphatic heterocycles. The number of aromatic nitrogens is 2. The van der Waals surface area contributed by atoms with Crippen LogP contribution in [0, 0.1) is 17.7 Å². The van der Waals surface area contributed by atoms with Crippen molar-refractivity contribution in [1.82, 2.24) is 9.13 Å². The Bertz CT molecular complexity index is 1440. The van der Waals surface area contributed by atoms with Crippen LogP contribution in [0.2, 0.25) is 0 Å². The Morgan fingerprint density at radius 3 is 2.30 bits per heavy atom. The molecule has 1 fully saturated rings. The first-order valence-electron chi connectivity index (χ1n) is 11.8. The van der Waals surface area contributed by atoms with E-state index in [-0.39, 0.29) is 46.6 Å². The van der Waals surface area contributed by atoms with E-state index in [1.54, 1.807) is 0 Å². The monoisotopic (exact) mass is 522 g/mol. The number of ether oxygens (including phenoxy) is 2. The van der Waals surface area contributed by atoms with Crippen LogP contribution in [-0.2, 0) is 28.8 Å². The average Bonchev–Trinajstić information content (AvgIpc) is 2.88. The van der Waals surface area contributed by atoms with Crippen LogP contribution in [0.25, 0.3) is 10.9 Å². The Morgan fingerprint density at radius 2 is 1.68 bits per heavy atom. The number of carbonyl (C=O) groups is 1. The molecule has 1 heterocycles. The smallest absolute Gasteiger partial charge is 0.419 e. The maximum Gasteiger partial charge on any atom is 0.419 e. The van der Waals surface area contributed by atoms with Crippen LogP contribution < -0.4 is 16.0 Å². The number of fused-ring (bicyclic) bond motifs is 1. The van der Waals surface area contributed by atoms with E-state index in [9.17, 15) is 31.9 Å². The summed E-state index contributed by atoms with van der Waals surface area (Å²) in [6.07, 6.45) is -2.65. The van der Waals surface area contributed by atoms with E-state index in [1.165, 1.54) is 38.5 Å². The zero-order chi connectivity index (χ0) is 26.9. The molecule has 11 heteroatoms. The molecule has 0 unspecified atom stereocenters. The van der Waals surface area contributed by atoms with Crippen molar-refractivity contribution in [3.8, 4) is 5.75 Å². The molecule has 0 radical (unpaired) electrons. The third-order valence-electron chi connectivity index (χ3n) is 6.97. The molecule has 3 aromatic rings. The van der Waals surface area contributed by atoms with Crippen LogP contribution in [0.1, 0.15) is 36.8 Å². The molecule has 37 heavy (non-hydrogen) atoms. The molecule has 0 atom stereocenters. The number of benzene rings is 2. The summed E-state index contributed by atoms with van der Waals surface area (Å²) >= 11 is 0. The summed E-state index contributed by atoms with van der Waals surface area (Å²) in [5.74, 6) is -1.91. The maximum absolute atomic E-state index is 14.8. The van der Waals surface area contributed by atoms with Gasteiger partial charge >= 0.3 is 17.8 Å². The van der Waals surface area contributed by atoms with Crippen molar-refractivity contribution < 1.29 is 31.8 Å². The summed E-state index contributed by atoms with van der Waals surface area (Å²) in [6.45, 7) is -0.474. The van der Waals surface area contributed by atoms with Gasteiger partial charge in [0.05, 0.1) is 37.8 Å². The zero-order valence-electron chi connectivity index (χ0n) is 20.3. The van der Waals surface area contributed by atoms with Gasteiger partial charge in [-0.2, -0.15) is 13.2 Å². The number of esters is 1. The van der Waals surface area contributed by atoms with Gasteiger partial charge in [0.2, 0.25) is 0 Å². The summed E-state index contributed by atoms with van der Waals surface area (Å²) in [6, 6.07) is 7.43. The minimum absolute atomic E-state index is 0.0463. The summed E-state index contributed by atoms with van der Waals surface area (Å²) in [5.41, 5.74) is -3.02. The van der Waals surface area contributed by atoms with Crippen molar-refractivity contribution in [2.45, 2.75) is 44.9 Å². The van der Waals surface area contributed by atoms with Crippen LogP contribution in [-0.4, -0.2) is 29.3 Å². The highest BCUT2D eigenvalue weighted by atomic mass is 19.4. The number of alkyl halides is 3. The standard InChI is InChI=1S/C26H26F4N2O5/c1-36-20-8-4-7-19-21(20)23(33)32(13-15-9-11-16(12-10-15)24(34)37-2)25(35)31(19)14-17-5-3-6-18(22(17)27)26(28,29)30/h3-8,15-16H,9-14H2,1-2H3. The molecular formula is C26H26F4N2O5. The van der Waals surface area contributed by atoms with Gasteiger partial charge in [0.15, 0.2) is 0 Å². The second-order valence-corrected chi connectivity index (χ2v) is 9.16. The van der Waals surface area contributed by atoms with Gasteiger partial charge < -0.3 is 9.47 Å². The van der Waals surface area contributed by atoms with Crippen LogP contribution in [0.5, 0.6) is 5.75 Å². The molecule has 2 aromatic carbocycles. The molecule has 1 aliphatic carbocycles. The third-order valence-corrected chi connectivity index (χ3v) is 6.97. The fraction of sp³-hybridized carbons (Fsp3) is 0.423. The highest BCUT2D eigenvalue weighted by molar-refractivity contribution is 5.84. The first kappa shape index (κ1) is 26.4. The Balaban J connectivity index is 1.80. The van der Waals surface area contributed by atoms with Gasteiger partial charge in [-0.25, -0.2) is 9.18 Å². The largest absolute Gasteiger partial charge is 0.496 e. The highest BCUT2D eigenvalue weighted by Crippen LogP contribution is 2.33. The first-order chi connectivity index (χ1) is 17.6. The van der Waals surface area contributed by atoms with Crippen molar-refractivity contribution in [3.05, 3.63) is 74.2 Å². The number of hydrogen-bond acceptors (Lipinski definition) is 5. The van der Waals surface area contributed by atoms with Gasteiger partial charge in [0, 0.05) is 12.1 Å². The number of rotatable bonds is 6. The van der Waals surface area contributed by atoms with Crippen molar-refractivity contribution in [3.63, 3.8) is 0 Å². The van der Waals surface area contributed by atoms with Crippen molar-refractivity contribution in [2.24, 2.45) is 11.8 Å². The fourth-order valence-electron chi connectivity index (χ4n) is 5.01. The molecule has 0 saturated heterocycles. The SMILES string of the molecule is COC(=O)C1CCC(Cn2c(=O)c3c(OC)cccc3n(Cc3cccc(C(F)(F)F)c3F)c2=O)CC1. The minimum atomic E-state index is -4.90. The minimum Gasteiger partial charge on any atom is -0.496 e. The van der Waals surface area contributed by atoms with Crippen molar-refractivity contribution in [1.29, 1.82) is 0 Å². The number of carbonyl (C=O) groups excluding carboxylic acids is 1. The van der Waals surface area contributed by atoms with E-state index in [2.05, 4.69) is 0 Å². The predicted octanol–water partition coefficient (Wildman–Crippen LogP) is 4.36. The number of hydrogen-bond donors (Lipinski definition) is 0. The molecule has 0 spiro atoms. The van der Waals surface area contributed by atoms with E-state index >= 15 is 0 Å². The summed E-state index contributed by atoms with van der Waals surface area (Å²) in [7, 11) is 2.68. The molecule has 0 amide bonds. The van der Waals surface area contributed by atoms with Crippen molar-refractivity contribution >= 4 is 16.9 Å². The first-order valence-corrected chi connectivity index (χ1v) is 11.8. The summed E-state index contributed by atoms with van der Waals surface area (Å²) in [4.78, 5) is 38.9. The lowest BCUT2D eigenvalue weighted by Gasteiger charge is -2.27. The molecular weight excluding hydrogens is 496 g/mol. The molecule has 1 saturated carbocycles. The van der Waals surface area contributed by atoms with E-state index in [1.807, 2.05) is 0 Å². The van der Waals surface area contributed by atoms with Crippen molar-refractivity contribution in [2.75, 3.05) is 14.2 Å². The van der Waals surface area contributed by atoms with Gasteiger partial charge in [-0.15, -0.1) is 0 Å². The van der Waals surface area contributed by atoms with Gasteiger partial charge in [-0.1, -0.05) is 18.2 Å². The lowest BCUT2D eigenvalue weighted by Crippen LogP contribution is -2.42. The zero-order valence-corrected chi connectivity index (χ0v) is 20.3. The Labute approximate surface area is 209 Å². The van der Waals surface area contributed by atoms with Gasteiger partial charge in [0.1, 0.15) is 17.0 Å². The quantitative estimate of drug-likeness (QED) is 0.355.